The van der Waals surface area contributed by atoms with Gasteiger partial charge in [-0.15, -0.1) is 0 Å². The molecule has 0 radical (unpaired) electrons. The molecule has 1 heterocycles. The molecule has 0 spiro atoms. The summed E-state index contributed by atoms with van der Waals surface area (Å²) in [4.78, 5) is 24.8. The van der Waals surface area contributed by atoms with Gasteiger partial charge in [0.1, 0.15) is 0 Å². The number of ether oxygens (including phenoxy) is 3. The van der Waals surface area contributed by atoms with E-state index in [1.54, 1.807) is 12.1 Å². The lowest BCUT2D eigenvalue weighted by Gasteiger charge is -2.40. The molecule has 3 atom stereocenters. The fraction of sp³-hybridized carbons (Fsp3) is 0.579. The first-order valence-corrected chi connectivity index (χ1v) is 9.22. The lowest BCUT2D eigenvalue weighted by molar-refractivity contribution is -0.129. The Kier molecular flexibility index (Phi) is 6.05. The third-order valence-corrected chi connectivity index (χ3v) is 5.16. The SMILES string of the molecule is COc1cc(NC(=O)C[C@@H]2N[C@H]3CCCC[C@H]3NC2=O)cc(OC)c1OC. The Labute approximate surface area is 158 Å². The summed E-state index contributed by atoms with van der Waals surface area (Å²) >= 11 is 0. The summed E-state index contributed by atoms with van der Waals surface area (Å²) in [5.74, 6) is 0.982. The quantitative estimate of drug-likeness (QED) is 0.694. The molecule has 8 heteroatoms. The van der Waals surface area contributed by atoms with E-state index in [4.69, 9.17) is 14.2 Å². The average molecular weight is 377 g/mol. The van der Waals surface area contributed by atoms with Gasteiger partial charge in [-0.05, 0) is 12.8 Å². The van der Waals surface area contributed by atoms with Crippen molar-refractivity contribution in [2.45, 2.75) is 50.2 Å². The zero-order valence-corrected chi connectivity index (χ0v) is 16.0. The van der Waals surface area contributed by atoms with Crippen molar-refractivity contribution >= 4 is 17.5 Å². The molecular formula is C19H27N3O5. The number of methoxy groups -OCH3 is 3. The van der Waals surface area contributed by atoms with Gasteiger partial charge in [-0.1, -0.05) is 12.8 Å². The molecule has 3 N–H and O–H groups in total. The Morgan fingerprint density at radius 3 is 2.30 bits per heavy atom. The van der Waals surface area contributed by atoms with Crippen LogP contribution in [0, 0.1) is 0 Å². The molecule has 2 fully saturated rings. The molecule has 1 saturated heterocycles. The summed E-state index contributed by atoms with van der Waals surface area (Å²) in [6.07, 6.45) is 4.36. The molecule has 2 aliphatic rings. The minimum Gasteiger partial charge on any atom is -0.493 e. The topological polar surface area (TPSA) is 97.9 Å². The van der Waals surface area contributed by atoms with Crippen LogP contribution in [0.25, 0.3) is 0 Å². The molecule has 8 nitrogen and oxygen atoms in total. The van der Waals surface area contributed by atoms with Crippen molar-refractivity contribution in [1.29, 1.82) is 0 Å². The normalized spacial score (nSPS) is 24.4. The van der Waals surface area contributed by atoms with E-state index in [1.165, 1.54) is 21.3 Å². The van der Waals surface area contributed by atoms with Crippen LogP contribution in [-0.2, 0) is 9.59 Å². The zero-order chi connectivity index (χ0) is 19.4. The smallest absolute Gasteiger partial charge is 0.237 e. The number of carbonyl (C=O) groups is 2. The number of carbonyl (C=O) groups excluding carboxylic acids is 2. The van der Waals surface area contributed by atoms with Gasteiger partial charge in [0.25, 0.3) is 0 Å². The molecule has 27 heavy (non-hydrogen) atoms. The van der Waals surface area contributed by atoms with Crippen LogP contribution >= 0.6 is 0 Å². The number of fused-ring (bicyclic) bond motifs is 1. The second-order valence-electron chi connectivity index (χ2n) is 6.89. The lowest BCUT2D eigenvalue weighted by atomic mass is 9.87. The molecule has 0 bridgehead atoms. The predicted octanol–water partition coefficient (Wildman–Crippen LogP) is 1.44. The molecule has 0 unspecified atom stereocenters. The van der Waals surface area contributed by atoms with E-state index in [0.29, 0.717) is 22.9 Å². The molecule has 1 aromatic rings. The minimum absolute atomic E-state index is 0.0612. The van der Waals surface area contributed by atoms with Gasteiger partial charge < -0.3 is 30.2 Å². The van der Waals surface area contributed by atoms with Crippen LogP contribution in [0.3, 0.4) is 0 Å². The Hall–Kier alpha value is -2.48. The van der Waals surface area contributed by atoms with E-state index in [0.717, 1.165) is 25.7 Å². The third kappa shape index (κ3) is 4.27. The first kappa shape index (κ1) is 19.3. The standard InChI is InChI=1S/C19H27N3O5/c1-25-15-8-11(9-16(26-2)18(15)27-3)20-17(23)10-14-19(24)22-13-7-5-4-6-12(13)21-14/h8-9,12-14,21H,4-7,10H2,1-3H3,(H,20,23)(H,22,24)/t12-,13+,14-/m0/s1. The molecule has 1 aliphatic heterocycles. The number of hydrogen-bond acceptors (Lipinski definition) is 6. The summed E-state index contributed by atoms with van der Waals surface area (Å²) < 4.78 is 15.9. The van der Waals surface area contributed by atoms with Crippen molar-refractivity contribution in [3.8, 4) is 17.2 Å². The van der Waals surface area contributed by atoms with Crippen molar-refractivity contribution in [2.24, 2.45) is 0 Å². The lowest BCUT2D eigenvalue weighted by Crippen LogP contribution is -2.65. The first-order chi connectivity index (χ1) is 13.0. The molecule has 1 aliphatic carbocycles. The number of nitrogens with one attached hydrogen (secondary N) is 3. The number of amides is 2. The van der Waals surface area contributed by atoms with Crippen LogP contribution in [-0.4, -0.2) is 51.3 Å². The maximum absolute atomic E-state index is 12.5. The van der Waals surface area contributed by atoms with E-state index in [9.17, 15) is 9.59 Å². The van der Waals surface area contributed by atoms with Crippen LogP contribution in [0.4, 0.5) is 5.69 Å². The van der Waals surface area contributed by atoms with Crippen molar-refractivity contribution in [1.82, 2.24) is 10.6 Å². The van der Waals surface area contributed by atoms with Crippen LogP contribution in [0.2, 0.25) is 0 Å². The Morgan fingerprint density at radius 2 is 1.70 bits per heavy atom. The monoisotopic (exact) mass is 377 g/mol. The molecule has 148 valence electrons. The van der Waals surface area contributed by atoms with Crippen molar-refractivity contribution in [2.75, 3.05) is 26.6 Å². The minimum atomic E-state index is -0.522. The van der Waals surface area contributed by atoms with Gasteiger partial charge in [0, 0.05) is 29.9 Å². The third-order valence-electron chi connectivity index (χ3n) is 5.16. The average Bonchev–Trinajstić information content (AvgIpc) is 2.67. The van der Waals surface area contributed by atoms with Gasteiger partial charge in [0.2, 0.25) is 17.6 Å². The molecule has 1 saturated carbocycles. The van der Waals surface area contributed by atoms with Crippen LogP contribution in [0.1, 0.15) is 32.1 Å². The molecule has 3 rings (SSSR count). The van der Waals surface area contributed by atoms with Crippen LogP contribution < -0.4 is 30.2 Å². The first-order valence-electron chi connectivity index (χ1n) is 9.22. The molecule has 1 aromatic carbocycles. The highest BCUT2D eigenvalue weighted by molar-refractivity contribution is 5.96. The second kappa shape index (κ2) is 8.47. The van der Waals surface area contributed by atoms with Gasteiger partial charge in [-0.3, -0.25) is 9.59 Å². The highest BCUT2D eigenvalue weighted by atomic mass is 16.5. The predicted molar refractivity (Wildman–Crippen MR) is 100 cm³/mol. The number of hydrogen-bond donors (Lipinski definition) is 3. The Morgan fingerprint density at radius 1 is 1.07 bits per heavy atom. The fourth-order valence-electron chi connectivity index (χ4n) is 3.82. The van der Waals surface area contributed by atoms with Crippen LogP contribution in [0.15, 0.2) is 12.1 Å². The van der Waals surface area contributed by atoms with Gasteiger partial charge in [0.05, 0.1) is 33.8 Å². The van der Waals surface area contributed by atoms with Crippen molar-refractivity contribution in [3.63, 3.8) is 0 Å². The Bertz CT molecular complexity index is 684. The van der Waals surface area contributed by atoms with Gasteiger partial charge in [0.15, 0.2) is 11.5 Å². The second-order valence-corrected chi connectivity index (χ2v) is 6.89. The molecule has 2 amide bonds. The summed E-state index contributed by atoms with van der Waals surface area (Å²) in [7, 11) is 4.55. The highest BCUT2D eigenvalue weighted by Crippen LogP contribution is 2.40. The van der Waals surface area contributed by atoms with Gasteiger partial charge in [-0.2, -0.15) is 0 Å². The Balaban J connectivity index is 1.66. The van der Waals surface area contributed by atoms with Crippen molar-refractivity contribution < 1.29 is 23.8 Å². The van der Waals surface area contributed by atoms with Gasteiger partial charge in [-0.25, -0.2) is 0 Å². The van der Waals surface area contributed by atoms with Gasteiger partial charge >= 0.3 is 0 Å². The van der Waals surface area contributed by atoms with E-state index >= 15 is 0 Å². The van der Waals surface area contributed by atoms with E-state index in [2.05, 4.69) is 16.0 Å². The number of rotatable bonds is 6. The largest absolute Gasteiger partial charge is 0.493 e. The van der Waals surface area contributed by atoms with Crippen molar-refractivity contribution in [3.05, 3.63) is 12.1 Å². The van der Waals surface area contributed by atoms with E-state index in [1.807, 2.05) is 0 Å². The zero-order valence-electron chi connectivity index (χ0n) is 16.0. The molecule has 0 aromatic heterocycles. The summed E-state index contributed by atoms with van der Waals surface area (Å²) in [6.45, 7) is 0. The summed E-state index contributed by atoms with van der Waals surface area (Å²) in [5.41, 5.74) is 0.515. The maximum Gasteiger partial charge on any atom is 0.237 e. The fourth-order valence-corrected chi connectivity index (χ4v) is 3.82. The molecular weight excluding hydrogens is 350 g/mol. The van der Waals surface area contributed by atoms with Crippen LogP contribution in [0.5, 0.6) is 17.2 Å². The number of benzene rings is 1. The number of anilines is 1. The van der Waals surface area contributed by atoms with E-state index < -0.39 is 6.04 Å². The summed E-state index contributed by atoms with van der Waals surface area (Å²) in [5, 5.41) is 9.20. The maximum atomic E-state index is 12.5. The highest BCUT2D eigenvalue weighted by Gasteiger charge is 2.37. The summed E-state index contributed by atoms with van der Waals surface area (Å²) in [6, 6.07) is 3.22. The number of piperazine rings is 1. The van der Waals surface area contributed by atoms with E-state index in [-0.39, 0.29) is 30.3 Å².